The van der Waals surface area contributed by atoms with Crippen molar-refractivity contribution < 1.29 is 19.0 Å². The largest absolute Gasteiger partial charge is 0.493 e. The number of aromatic nitrogens is 1. The Morgan fingerprint density at radius 1 is 1.00 bits per heavy atom. The van der Waals surface area contributed by atoms with E-state index >= 15 is 0 Å². The lowest BCUT2D eigenvalue weighted by Crippen LogP contribution is -2.14. The molecule has 1 N–H and O–H groups in total. The van der Waals surface area contributed by atoms with Crippen LogP contribution in [-0.4, -0.2) is 31.8 Å². The maximum Gasteiger partial charge on any atom is 0.228 e. The molecule has 0 saturated carbocycles. The van der Waals surface area contributed by atoms with E-state index in [1.807, 2.05) is 18.2 Å². The monoisotopic (exact) mass is 382 g/mol. The number of fused-ring (bicyclic) bond motifs is 1. The highest BCUT2D eigenvalue weighted by Crippen LogP contribution is 2.38. The summed E-state index contributed by atoms with van der Waals surface area (Å²) < 4.78 is 18.2. The van der Waals surface area contributed by atoms with Crippen LogP contribution in [0.3, 0.4) is 0 Å². The highest BCUT2D eigenvalue weighted by Gasteiger charge is 2.15. The van der Waals surface area contributed by atoms with E-state index in [1.54, 1.807) is 33.5 Å². The standard InChI is InChI=1S/C22H26N2O4/c1-5-9-24-10-8-16-14-17(6-7-18(16)24)23-21(25)13-15-11-19(26-2)22(28-4)20(12-15)27-3/h6-8,10-12,14H,5,9,13H2,1-4H3,(H,23,25). The van der Waals surface area contributed by atoms with Crippen LogP contribution in [0, 0.1) is 0 Å². The Labute approximate surface area is 165 Å². The van der Waals surface area contributed by atoms with Crippen LogP contribution in [0.5, 0.6) is 17.2 Å². The summed E-state index contributed by atoms with van der Waals surface area (Å²) in [6.07, 6.45) is 3.36. The third kappa shape index (κ3) is 4.06. The lowest BCUT2D eigenvalue weighted by Gasteiger charge is -2.14. The highest BCUT2D eigenvalue weighted by atomic mass is 16.5. The number of nitrogens with zero attached hydrogens (tertiary/aromatic N) is 1. The first kappa shape index (κ1) is 19.6. The third-order valence-electron chi connectivity index (χ3n) is 4.61. The lowest BCUT2D eigenvalue weighted by atomic mass is 10.1. The van der Waals surface area contributed by atoms with Crippen LogP contribution in [0.25, 0.3) is 10.9 Å². The highest BCUT2D eigenvalue weighted by molar-refractivity contribution is 5.95. The SMILES string of the molecule is CCCn1ccc2cc(NC(=O)Cc3cc(OC)c(OC)c(OC)c3)ccc21. The first-order valence-corrected chi connectivity index (χ1v) is 9.27. The average molecular weight is 382 g/mol. The van der Waals surface area contributed by atoms with Crippen LogP contribution in [0.4, 0.5) is 5.69 Å². The zero-order valence-corrected chi connectivity index (χ0v) is 16.7. The molecular weight excluding hydrogens is 356 g/mol. The summed E-state index contributed by atoms with van der Waals surface area (Å²) >= 11 is 0. The smallest absolute Gasteiger partial charge is 0.228 e. The molecule has 0 radical (unpaired) electrons. The number of ether oxygens (including phenoxy) is 3. The van der Waals surface area contributed by atoms with Crippen LogP contribution in [0.2, 0.25) is 0 Å². The summed E-state index contributed by atoms with van der Waals surface area (Å²) in [7, 11) is 4.67. The van der Waals surface area contributed by atoms with Crippen LogP contribution < -0.4 is 19.5 Å². The normalized spacial score (nSPS) is 10.7. The van der Waals surface area contributed by atoms with E-state index in [9.17, 15) is 4.79 Å². The molecular formula is C22H26N2O4. The van der Waals surface area contributed by atoms with Gasteiger partial charge < -0.3 is 24.1 Å². The van der Waals surface area contributed by atoms with Crippen molar-refractivity contribution in [2.24, 2.45) is 0 Å². The number of nitrogens with one attached hydrogen (secondary N) is 1. The Hall–Kier alpha value is -3.15. The van der Waals surface area contributed by atoms with Gasteiger partial charge in [-0.3, -0.25) is 4.79 Å². The van der Waals surface area contributed by atoms with Gasteiger partial charge in [0.25, 0.3) is 0 Å². The molecule has 0 aliphatic heterocycles. The minimum absolute atomic E-state index is 0.110. The first-order valence-electron chi connectivity index (χ1n) is 9.27. The molecule has 0 fully saturated rings. The van der Waals surface area contributed by atoms with Crippen molar-refractivity contribution >= 4 is 22.5 Å². The van der Waals surface area contributed by atoms with Gasteiger partial charge in [-0.05, 0) is 48.4 Å². The fourth-order valence-electron chi connectivity index (χ4n) is 3.34. The molecule has 0 spiro atoms. The number of aryl methyl sites for hydroxylation is 1. The molecule has 0 aliphatic rings. The number of hydrogen-bond acceptors (Lipinski definition) is 4. The first-order chi connectivity index (χ1) is 13.6. The van der Waals surface area contributed by atoms with Crippen molar-refractivity contribution in [1.82, 2.24) is 4.57 Å². The summed E-state index contributed by atoms with van der Waals surface area (Å²) in [6, 6.07) is 11.6. The van der Waals surface area contributed by atoms with Crippen LogP contribution >= 0.6 is 0 Å². The quantitative estimate of drug-likeness (QED) is 0.632. The predicted molar refractivity (Wildman–Crippen MR) is 111 cm³/mol. The van der Waals surface area contributed by atoms with E-state index in [0.717, 1.165) is 29.6 Å². The lowest BCUT2D eigenvalue weighted by molar-refractivity contribution is -0.115. The van der Waals surface area contributed by atoms with Gasteiger partial charge >= 0.3 is 0 Å². The molecule has 28 heavy (non-hydrogen) atoms. The number of carbonyl (C=O) groups is 1. The second kappa shape index (κ2) is 8.69. The number of methoxy groups -OCH3 is 3. The molecule has 1 aromatic heterocycles. The Morgan fingerprint density at radius 2 is 1.71 bits per heavy atom. The van der Waals surface area contributed by atoms with Gasteiger partial charge in [-0.15, -0.1) is 0 Å². The number of amides is 1. The molecule has 3 aromatic rings. The third-order valence-corrected chi connectivity index (χ3v) is 4.61. The molecule has 6 nitrogen and oxygen atoms in total. The Balaban J connectivity index is 1.76. The van der Waals surface area contributed by atoms with Crippen molar-refractivity contribution in [3.05, 3.63) is 48.2 Å². The number of carbonyl (C=O) groups excluding carboxylic acids is 1. The minimum atomic E-state index is -0.110. The number of hydrogen-bond donors (Lipinski definition) is 1. The van der Waals surface area contributed by atoms with Gasteiger partial charge in [-0.1, -0.05) is 6.92 Å². The second-order valence-corrected chi connectivity index (χ2v) is 6.54. The molecule has 3 rings (SSSR count). The van der Waals surface area contributed by atoms with Crippen molar-refractivity contribution in [2.45, 2.75) is 26.3 Å². The topological polar surface area (TPSA) is 61.7 Å². The zero-order valence-electron chi connectivity index (χ0n) is 16.7. The summed E-state index contributed by atoms with van der Waals surface area (Å²) in [5, 5.41) is 4.08. The number of benzene rings is 2. The van der Waals surface area contributed by atoms with Crippen molar-refractivity contribution in [2.75, 3.05) is 26.6 Å². The Morgan fingerprint density at radius 3 is 2.32 bits per heavy atom. The molecule has 148 valence electrons. The summed E-state index contributed by atoms with van der Waals surface area (Å²) in [5.74, 6) is 1.46. The molecule has 0 unspecified atom stereocenters. The molecule has 2 aromatic carbocycles. The molecule has 0 saturated heterocycles. The van der Waals surface area contributed by atoms with E-state index in [4.69, 9.17) is 14.2 Å². The van der Waals surface area contributed by atoms with E-state index in [2.05, 4.69) is 29.1 Å². The van der Waals surface area contributed by atoms with Gasteiger partial charge in [-0.2, -0.15) is 0 Å². The minimum Gasteiger partial charge on any atom is -0.493 e. The van der Waals surface area contributed by atoms with Crippen LogP contribution in [-0.2, 0) is 17.8 Å². The Bertz CT molecular complexity index is 953. The van der Waals surface area contributed by atoms with Crippen LogP contribution in [0.15, 0.2) is 42.6 Å². The average Bonchev–Trinajstić information content (AvgIpc) is 3.09. The molecule has 0 bridgehead atoms. The molecule has 0 aliphatic carbocycles. The van der Waals surface area contributed by atoms with Gasteiger partial charge in [0.1, 0.15) is 0 Å². The maximum absolute atomic E-state index is 12.6. The van der Waals surface area contributed by atoms with E-state index in [-0.39, 0.29) is 12.3 Å². The van der Waals surface area contributed by atoms with E-state index < -0.39 is 0 Å². The van der Waals surface area contributed by atoms with E-state index in [1.165, 1.54) is 5.52 Å². The number of rotatable bonds is 8. The number of anilines is 1. The molecule has 0 atom stereocenters. The zero-order chi connectivity index (χ0) is 20.1. The van der Waals surface area contributed by atoms with Gasteiger partial charge in [-0.25, -0.2) is 0 Å². The summed E-state index contributed by atoms with van der Waals surface area (Å²) in [4.78, 5) is 12.6. The van der Waals surface area contributed by atoms with Gasteiger partial charge in [0, 0.05) is 29.3 Å². The molecule has 1 heterocycles. The van der Waals surface area contributed by atoms with Gasteiger partial charge in [0.15, 0.2) is 11.5 Å². The van der Waals surface area contributed by atoms with Crippen LogP contribution in [0.1, 0.15) is 18.9 Å². The van der Waals surface area contributed by atoms with Crippen molar-refractivity contribution in [3.8, 4) is 17.2 Å². The fraction of sp³-hybridized carbons (Fsp3) is 0.318. The second-order valence-electron chi connectivity index (χ2n) is 6.54. The maximum atomic E-state index is 12.6. The molecule has 1 amide bonds. The van der Waals surface area contributed by atoms with Crippen molar-refractivity contribution in [3.63, 3.8) is 0 Å². The fourth-order valence-corrected chi connectivity index (χ4v) is 3.34. The predicted octanol–water partition coefficient (Wildman–Crippen LogP) is 4.26. The van der Waals surface area contributed by atoms with E-state index in [0.29, 0.717) is 17.2 Å². The van der Waals surface area contributed by atoms with Gasteiger partial charge in [0.2, 0.25) is 11.7 Å². The summed E-state index contributed by atoms with van der Waals surface area (Å²) in [5.41, 5.74) is 2.73. The van der Waals surface area contributed by atoms with Gasteiger partial charge in [0.05, 0.1) is 27.8 Å². The summed E-state index contributed by atoms with van der Waals surface area (Å²) in [6.45, 7) is 3.14. The molecule has 6 heteroatoms. The Kier molecular flexibility index (Phi) is 6.09. The van der Waals surface area contributed by atoms with Crippen molar-refractivity contribution in [1.29, 1.82) is 0 Å².